The van der Waals surface area contributed by atoms with Gasteiger partial charge in [0.05, 0.1) is 29.2 Å². The van der Waals surface area contributed by atoms with Crippen molar-refractivity contribution in [3.8, 4) is 5.75 Å². The summed E-state index contributed by atoms with van der Waals surface area (Å²) in [5, 5.41) is 6.48. The average molecular weight is 455 g/mol. The van der Waals surface area contributed by atoms with E-state index in [1.165, 1.54) is 11.3 Å². The normalized spacial score (nSPS) is 12.3. The SMILES string of the molecule is CC(C)[C@H](NC(=O)Cc1csc(COc2ccc(Cl)cc2)n1)c1nc2ccccc2[nH]1. The van der Waals surface area contributed by atoms with E-state index in [4.69, 9.17) is 16.3 Å². The summed E-state index contributed by atoms with van der Waals surface area (Å²) in [6.07, 6.45) is 0.209. The molecule has 0 bridgehead atoms. The molecule has 1 amide bonds. The zero-order valence-electron chi connectivity index (χ0n) is 17.3. The van der Waals surface area contributed by atoms with Gasteiger partial charge in [-0.2, -0.15) is 0 Å². The number of thiazole rings is 1. The van der Waals surface area contributed by atoms with E-state index in [9.17, 15) is 4.79 Å². The Morgan fingerprint density at radius 1 is 1.16 bits per heavy atom. The molecular formula is C23H23ClN4O2S. The van der Waals surface area contributed by atoms with Crippen LogP contribution in [0, 0.1) is 5.92 Å². The Kier molecular flexibility index (Phi) is 6.53. The fraction of sp³-hybridized carbons (Fsp3) is 0.261. The molecule has 2 aromatic heterocycles. The topological polar surface area (TPSA) is 79.9 Å². The van der Waals surface area contributed by atoms with E-state index < -0.39 is 0 Å². The highest BCUT2D eigenvalue weighted by Gasteiger charge is 2.22. The number of imidazole rings is 1. The summed E-state index contributed by atoms with van der Waals surface area (Å²) in [6.45, 7) is 4.47. The summed E-state index contributed by atoms with van der Waals surface area (Å²) < 4.78 is 5.72. The molecule has 1 atom stereocenters. The fourth-order valence-electron chi connectivity index (χ4n) is 3.23. The highest BCUT2D eigenvalue weighted by atomic mass is 35.5. The highest BCUT2D eigenvalue weighted by Crippen LogP contribution is 2.23. The number of para-hydroxylation sites is 2. The molecular weight excluding hydrogens is 432 g/mol. The van der Waals surface area contributed by atoms with Crippen LogP contribution in [0.15, 0.2) is 53.9 Å². The van der Waals surface area contributed by atoms with Crippen molar-refractivity contribution in [2.45, 2.75) is 32.9 Å². The number of nitrogens with one attached hydrogen (secondary N) is 2. The van der Waals surface area contributed by atoms with E-state index in [1.807, 2.05) is 41.8 Å². The molecule has 0 fully saturated rings. The number of carbonyl (C=O) groups is 1. The lowest BCUT2D eigenvalue weighted by molar-refractivity contribution is -0.121. The summed E-state index contributed by atoms with van der Waals surface area (Å²) in [5.74, 6) is 1.59. The molecule has 160 valence electrons. The van der Waals surface area contributed by atoms with Crippen LogP contribution in [0.1, 0.15) is 36.4 Å². The zero-order valence-corrected chi connectivity index (χ0v) is 18.8. The van der Waals surface area contributed by atoms with Gasteiger partial charge in [-0.05, 0) is 42.3 Å². The largest absolute Gasteiger partial charge is 0.486 e. The second-order valence-corrected chi connectivity index (χ2v) is 8.96. The molecule has 8 heteroatoms. The van der Waals surface area contributed by atoms with Crippen LogP contribution in [0.25, 0.3) is 11.0 Å². The van der Waals surface area contributed by atoms with Crippen molar-refractivity contribution in [2.75, 3.05) is 0 Å². The van der Waals surface area contributed by atoms with Crippen molar-refractivity contribution in [2.24, 2.45) is 5.92 Å². The summed E-state index contributed by atoms with van der Waals surface area (Å²) in [5.41, 5.74) is 2.58. The van der Waals surface area contributed by atoms with Gasteiger partial charge in [0.2, 0.25) is 5.91 Å². The van der Waals surface area contributed by atoms with Crippen molar-refractivity contribution >= 4 is 39.9 Å². The predicted octanol–water partition coefficient (Wildman–Crippen LogP) is 5.31. The van der Waals surface area contributed by atoms with Crippen molar-refractivity contribution in [3.05, 3.63) is 75.5 Å². The minimum atomic E-state index is -0.203. The molecule has 0 saturated heterocycles. The molecule has 31 heavy (non-hydrogen) atoms. The predicted molar refractivity (Wildman–Crippen MR) is 123 cm³/mol. The molecule has 0 radical (unpaired) electrons. The van der Waals surface area contributed by atoms with Crippen molar-refractivity contribution in [1.82, 2.24) is 20.3 Å². The second-order valence-electron chi connectivity index (χ2n) is 7.58. The van der Waals surface area contributed by atoms with Crippen LogP contribution in [0.2, 0.25) is 5.02 Å². The van der Waals surface area contributed by atoms with E-state index in [-0.39, 0.29) is 24.3 Å². The Morgan fingerprint density at radius 2 is 1.94 bits per heavy atom. The molecule has 0 aliphatic rings. The van der Waals surface area contributed by atoms with Crippen LogP contribution in [-0.4, -0.2) is 20.9 Å². The standard InChI is InChI=1S/C23H23ClN4O2S/c1-14(2)22(23-26-18-5-3-4-6-19(18)27-23)28-20(29)11-16-13-31-21(25-16)12-30-17-9-7-15(24)8-10-17/h3-10,13-14,22H,11-12H2,1-2H3,(H,26,27)(H,28,29)/t22-/m0/s1. The third-order valence-electron chi connectivity index (χ3n) is 4.80. The summed E-state index contributed by atoms with van der Waals surface area (Å²) in [7, 11) is 0. The van der Waals surface area contributed by atoms with Crippen molar-refractivity contribution < 1.29 is 9.53 Å². The highest BCUT2D eigenvalue weighted by molar-refractivity contribution is 7.09. The first-order valence-corrected chi connectivity index (χ1v) is 11.3. The quantitative estimate of drug-likeness (QED) is 0.378. The third kappa shape index (κ3) is 5.42. The maximum absolute atomic E-state index is 12.7. The van der Waals surface area contributed by atoms with Crippen LogP contribution in [0.4, 0.5) is 0 Å². The van der Waals surface area contributed by atoms with Gasteiger partial charge in [-0.15, -0.1) is 11.3 Å². The molecule has 2 aromatic carbocycles. The molecule has 4 aromatic rings. The van der Waals surface area contributed by atoms with Crippen LogP contribution in [0.5, 0.6) is 5.75 Å². The van der Waals surface area contributed by atoms with E-state index >= 15 is 0 Å². The van der Waals surface area contributed by atoms with Crippen LogP contribution >= 0.6 is 22.9 Å². The van der Waals surface area contributed by atoms with E-state index in [2.05, 4.69) is 34.1 Å². The molecule has 0 unspecified atom stereocenters. The number of H-pyrrole nitrogens is 1. The first-order chi connectivity index (χ1) is 15.0. The lowest BCUT2D eigenvalue weighted by Gasteiger charge is -2.20. The van der Waals surface area contributed by atoms with E-state index in [0.717, 1.165) is 33.3 Å². The molecule has 0 aliphatic carbocycles. The Labute approximate surface area is 189 Å². The van der Waals surface area contributed by atoms with Crippen LogP contribution in [0.3, 0.4) is 0 Å². The number of aromatic nitrogens is 3. The molecule has 0 spiro atoms. The number of carbonyl (C=O) groups excluding carboxylic acids is 1. The van der Waals surface area contributed by atoms with Crippen LogP contribution < -0.4 is 10.1 Å². The van der Waals surface area contributed by atoms with Crippen molar-refractivity contribution in [1.29, 1.82) is 0 Å². The Hall–Kier alpha value is -2.90. The Bertz CT molecular complexity index is 1140. The Balaban J connectivity index is 1.36. The average Bonchev–Trinajstić information content (AvgIpc) is 3.38. The number of ether oxygens (including phenoxy) is 1. The molecule has 4 rings (SSSR count). The Morgan fingerprint density at radius 3 is 2.68 bits per heavy atom. The number of fused-ring (bicyclic) bond motifs is 1. The zero-order chi connectivity index (χ0) is 21.8. The first-order valence-electron chi connectivity index (χ1n) is 10.0. The van der Waals surface area contributed by atoms with Gasteiger partial charge in [-0.3, -0.25) is 4.79 Å². The minimum Gasteiger partial charge on any atom is -0.486 e. The van der Waals surface area contributed by atoms with Crippen LogP contribution in [-0.2, 0) is 17.8 Å². The lowest BCUT2D eigenvalue weighted by atomic mass is 10.0. The van der Waals surface area contributed by atoms with Gasteiger partial charge in [-0.25, -0.2) is 9.97 Å². The summed E-state index contributed by atoms with van der Waals surface area (Å²) in [6, 6.07) is 14.8. The minimum absolute atomic E-state index is 0.0883. The van der Waals surface area contributed by atoms with Gasteiger partial charge in [0.15, 0.2) is 0 Å². The number of hydrogen-bond acceptors (Lipinski definition) is 5. The number of rotatable bonds is 8. The molecule has 2 N–H and O–H groups in total. The maximum Gasteiger partial charge on any atom is 0.226 e. The number of nitrogens with zero attached hydrogens (tertiary/aromatic N) is 2. The fourth-order valence-corrected chi connectivity index (χ4v) is 4.06. The summed E-state index contributed by atoms with van der Waals surface area (Å²) in [4.78, 5) is 25.2. The molecule has 0 saturated carbocycles. The molecule has 0 aliphatic heterocycles. The van der Waals surface area contributed by atoms with Gasteiger partial charge in [0, 0.05) is 10.4 Å². The maximum atomic E-state index is 12.7. The molecule has 2 heterocycles. The molecule has 6 nitrogen and oxygen atoms in total. The number of halogens is 1. The third-order valence-corrected chi connectivity index (χ3v) is 5.93. The van der Waals surface area contributed by atoms with Gasteiger partial charge in [0.25, 0.3) is 0 Å². The second kappa shape index (κ2) is 9.49. The van der Waals surface area contributed by atoms with Gasteiger partial charge in [0.1, 0.15) is 23.2 Å². The van der Waals surface area contributed by atoms with Crippen molar-refractivity contribution in [3.63, 3.8) is 0 Å². The van der Waals surface area contributed by atoms with Gasteiger partial charge >= 0.3 is 0 Å². The number of aromatic amines is 1. The summed E-state index contributed by atoms with van der Waals surface area (Å²) >= 11 is 7.36. The van der Waals surface area contributed by atoms with Gasteiger partial charge in [-0.1, -0.05) is 37.6 Å². The lowest BCUT2D eigenvalue weighted by Crippen LogP contribution is -2.33. The first kappa shape index (κ1) is 21.3. The monoisotopic (exact) mass is 454 g/mol. The number of amides is 1. The smallest absolute Gasteiger partial charge is 0.226 e. The van der Waals surface area contributed by atoms with E-state index in [1.54, 1.807) is 12.1 Å². The van der Waals surface area contributed by atoms with E-state index in [0.29, 0.717) is 11.6 Å². The number of hydrogen-bond donors (Lipinski definition) is 2. The number of benzene rings is 2. The van der Waals surface area contributed by atoms with Gasteiger partial charge < -0.3 is 15.0 Å².